The van der Waals surface area contributed by atoms with Crippen LogP contribution >= 0.6 is 11.3 Å². The molecule has 3 heterocycles. The summed E-state index contributed by atoms with van der Waals surface area (Å²) in [6.45, 7) is 4.46. The molecular weight excluding hydrogens is 192 g/mol. The van der Waals surface area contributed by atoms with Crippen LogP contribution in [-0.2, 0) is 13.0 Å². The Bertz CT molecular complexity index is 481. The van der Waals surface area contributed by atoms with Crippen LogP contribution in [0.25, 0.3) is 10.2 Å². The molecule has 0 unspecified atom stereocenters. The monoisotopic (exact) mass is 206 g/mol. The smallest absolute Gasteiger partial charge is 0.0571 e. The molecular formula is C11H14N2S. The summed E-state index contributed by atoms with van der Waals surface area (Å²) >= 11 is 1.92. The summed E-state index contributed by atoms with van der Waals surface area (Å²) in [5.41, 5.74) is 4.34. The maximum atomic E-state index is 3.54. The van der Waals surface area contributed by atoms with Gasteiger partial charge in [0.15, 0.2) is 0 Å². The molecule has 2 nitrogen and oxygen atoms in total. The second kappa shape index (κ2) is 2.84. The molecule has 0 aromatic carbocycles. The third-order valence-corrected chi connectivity index (χ3v) is 4.06. The zero-order chi connectivity index (χ0) is 9.71. The van der Waals surface area contributed by atoms with E-state index in [4.69, 9.17) is 0 Å². The molecule has 74 valence electrons. The maximum absolute atomic E-state index is 3.54. The first-order chi connectivity index (χ1) is 6.74. The van der Waals surface area contributed by atoms with Gasteiger partial charge in [-0.15, -0.1) is 11.3 Å². The molecule has 0 saturated heterocycles. The van der Waals surface area contributed by atoms with E-state index < -0.39 is 0 Å². The lowest BCUT2D eigenvalue weighted by atomic mass is 10.1. The van der Waals surface area contributed by atoms with Gasteiger partial charge in [-0.25, -0.2) is 0 Å². The summed E-state index contributed by atoms with van der Waals surface area (Å²) in [7, 11) is 2.20. The lowest BCUT2D eigenvalue weighted by molar-refractivity contribution is 0.313. The second-order valence-electron chi connectivity index (χ2n) is 4.17. The van der Waals surface area contributed by atoms with E-state index in [9.17, 15) is 0 Å². The second-order valence-corrected chi connectivity index (χ2v) is 5.43. The van der Waals surface area contributed by atoms with Gasteiger partial charge in [0.1, 0.15) is 0 Å². The Morgan fingerprint density at radius 1 is 1.50 bits per heavy atom. The van der Waals surface area contributed by atoms with Crippen molar-refractivity contribution in [3.63, 3.8) is 0 Å². The van der Waals surface area contributed by atoms with Gasteiger partial charge in [-0.2, -0.15) is 0 Å². The van der Waals surface area contributed by atoms with Gasteiger partial charge in [0.05, 0.1) is 10.2 Å². The number of fused-ring (bicyclic) bond motifs is 3. The van der Waals surface area contributed by atoms with Gasteiger partial charge in [0, 0.05) is 35.6 Å². The quantitative estimate of drug-likeness (QED) is 0.702. The third kappa shape index (κ3) is 1.12. The van der Waals surface area contributed by atoms with E-state index in [0.717, 1.165) is 6.54 Å². The van der Waals surface area contributed by atoms with Crippen LogP contribution in [0.2, 0.25) is 0 Å². The molecule has 1 aliphatic heterocycles. The fourth-order valence-electron chi connectivity index (χ4n) is 2.24. The summed E-state index contributed by atoms with van der Waals surface area (Å²) in [5, 5.41) is 0. The molecule has 0 radical (unpaired) electrons. The van der Waals surface area contributed by atoms with Crippen LogP contribution < -0.4 is 0 Å². The molecule has 0 fully saturated rings. The minimum absolute atomic E-state index is 1.11. The highest BCUT2D eigenvalue weighted by Crippen LogP contribution is 2.33. The van der Waals surface area contributed by atoms with Crippen molar-refractivity contribution < 1.29 is 0 Å². The van der Waals surface area contributed by atoms with E-state index in [1.807, 2.05) is 11.3 Å². The van der Waals surface area contributed by atoms with E-state index in [1.54, 1.807) is 0 Å². The Balaban J connectivity index is 2.23. The van der Waals surface area contributed by atoms with Crippen LogP contribution in [0.1, 0.15) is 16.1 Å². The highest BCUT2D eigenvalue weighted by molar-refractivity contribution is 7.19. The molecule has 0 saturated carbocycles. The van der Waals surface area contributed by atoms with Crippen LogP contribution in [0.4, 0.5) is 0 Å². The molecule has 1 aliphatic rings. The number of nitrogens with zero attached hydrogens (tertiary/aromatic N) is 1. The van der Waals surface area contributed by atoms with E-state index in [1.165, 1.54) is 39.3 Å². The fraction of sp³-hybridized carbons (Fsp3) is 0.455. The van der Waals surface area contributed by atoms with Gasteiger partial charge in [-0.05, 0) is 20.0 Å². The highest BCUT2D eigenvalue weighted by Gasteiger charge is 2.19. The fourth-order valence-corrected chi connectivity index (χ4v) is 3.27. The zero-order valence-electron chi connectivity index (χ0n) is 8.55. The van der Waals surface area contributed by atoms with Gasteiger partial charge in [-0.1, -0.05) is 0 Å². The minimum Gasteiger partial charge on any atom is -0.357 e. The normalized spacial score (nSPS) is 17.6. The van der Waals surface area contributed by atoms with E-state index in [2.05, 4.69) is 29.9 Å². The topological polar surface area (TPSA) is 19.0 Å². The van der Waals surface area contributed by atoms with Crippen LogP contribution in [0.5, 0.6) is 0 Å². The predicted molar refractivity (Wildman–Crippen MR) is 61.0 cm³/mol. The average Bonchev–Trinajstić information content (AvgIpc) is 2.62. The van der Waals surface area contributed by atoms with Crippen LogP contribution in [0.3, 0.4) is 0 Å². The molecule has 0 amide bonds. The minimum atomic E-state index is 1.11. The van der Waals surface area contributed by atoms with Crippen molar-refractivity contribution >= 4 is 21.6 Å². The van der Waals surface area contributed by atoms with E-state index in [-0.39, 0.29) is 0 Å². The van der Waals surface area contributed by atoms with Gasteiger partial charge in [-0.3, -0.25) is 0 Å². The highest BCUT2D eigenvalue weighted by atomic mass is 32.1. The number of H-pyrrole nitrogens is 1. The molecule has 3 rings (SSSR count). The van der Waals surface area contributed by atoms with E-state index in [0.29, 0.717) is 0 Å². The standard InChI is InChI=1S/C11H14N2S/c1-7-5-10-11(14-7)8-6-13(2)4-3-9(8)12-10/h5,12H,3-4,6H2,1-2H3. The molecule has 14 heavy (non-hydrogen) atoms. The number of thiophene rings is 1. The van der Waals surface area contributed by atoms with Crippen molar-refractivity contribution in [1.82, 2.24) is 9.88 Å². The molecule has 2 aromatic rings. The lowest BCUT2D eigenvalue weighted by Gasteiger charge is -2.22. The number of hydrogen-bond acceptors (Lipinski definition) is 2. The number of rotatable bonds is 0. The van der Waals surface area contributed by atoms with Gasteiger partial charge < -0.3 is 9.88 Å². The lowest BCUT2D eigenvalue weighted by Crippen LogP contribution is -2.25. The molecule has 2 aromatic heterocycles. The predicted octanol–water partition coefficient (Wildman–Crippen LogP) is 2.53. The van der Waals surface area contributed by atoms with Crippen molar-refractivity contribution in [2.45, 2.75) is 19.9 Å². The zero-order valence-corrected chi connectivity index (χ0v) is 9.37. The molecule has 0 atom stereocenters. The SMILES string of the molecule is Cc1cc2[nH]c3c(c2s1)CN(C)CC3. The number of aromatic amines is 1. The number of likely N-dealkylation sites (N-methyl/N-ethyl adjacent to an activating group) is 1. The Morgan fingerprint density at radius 2 is 2.36 bits per heavy atom. The number of aromatic nitrogens is 1. The van der Waals surface area contributed by atoms with Gasteiger partial charge in [0.25, 0.3) is 0 Å². The van der Waals surface area contributed by atoms with Crippen LogP contribution in [-0.4, -0.2) is 23.5 Å². The Morgan fingerprint density at radius 3 is 3.21 bits per heavy atom. The number of aryl methyl sites for hydroxylation is 1. The summed E-state index contributed by atoms with van der Waals surface area (Å²) in [6, 6.07) is 2.26. The van der Waals surface area contributed by atoms with Crippen molar-refractivity contribution in [2.75, 3.05) is 13.6 Å². The summed E-state index contributed by atoms with van der Waals surface area (Å²) in [4.78, 5) is 7.34. The molecule has 0 spiro atoms. The van der Waals surface area contributed by atoms with Gasteiger partial charge >= 0.3 is 0 Å². The molecule has 1 N–H and O–H groups in total. The number of hydrogen-bond donors (Lipinski definition) is 1. The number of nitrogens with one attached hydrogen (secondary N) is 1. The van der Waals surface area contributed by atoms with E-state index >= 15 is 0 Å². The maximum Gasteiger partial charge on any atom is 0.0571 e. The average molecular weight is 206 g/mol. The van der Waals surface area contributed by atoms with Crippen molar-refractivity contribution in [2.24, 2.45) is 0 Å². The molecule has 0 aliphatic carbocycles. The first-order valence-electron chi connectivity index (χ1n) is 5.02. The van der Waals surface area contributed by atoms with Crippen molar-refractivity contribution in [3.8, 4) is 0 Å². The first-order valence-corrected chi connectivity index (χ1v) is 5.84. The van der Waals surface area contributed by atoms with Crippen molar-refractivity contribution in [3.05, 3.63) is 22.2 Å². The summed E-state index contributed by atoms with van der Waals surface area (Å²) < 4.78 is 1.48. The Labute approximate surface area is 87.5 Å². The largest absolute Gasteiger partial charge is 0.357 e. The molecule has 0 bridgehead atoms. The first kappa shape index (κ1) is 8.50. The van der Waals surface area contributed by atoms with Crippen molar-refractivity contribution in [1.29, 1.82) is 0 Å². The summed E-state index contributed by atoms with van der Waals surface area (Å²) in [5.74, 6) is 0. The Kier molecular flexibility index (Phi) is 1.73. The van der Waals surface area contributed by atoms with Crippen LogP contribution in [0.15, 0.2) is 6.07 Å². The summed E-state index contributed by atoms with van der Waals surface area (Å²) in [6.07, 6.45) is 1.17. The van der Waals surface area contributed by atoms with Crippen LogP contribution in [0, 0.1) is 6.92 Å². The van der Waals surface area contributed by atoms with Gasteiger partial charge in [0.2, 0.25) is 0 Å². The molecule has 3 heteroatoms. The Hall–Kier alpha value is -0.800. The third-order valence-electron chi connectivity index (χ3n) is 2.95.